The lowest BCUT2D eigenvalue weighted by atomic mass is 10.0. The molecule has 1 fully saturated rings. The van der Waals surface area contributed by atoms with Crippen molar-refractivity contribution in [3.63, 3.8) is 0 Å². The number of hydrogen-bond donors (Lipinski definition) is 0. The van der Waals surface area contributed by atoms with Gasteiger partial charge in [0, 0.05) is 6.42 Å². The third-order valence-corrected chi connectivity index (χ3v) is 3.03. The van der Waals surface area contributed by atoms with Crippen molar-refractivity contribution in [1.82, 2.24) is 0 Å². The molecule has 0 amide bonds. The summed E-state index contributed by atoms with van der Waals surface area (Å²) in [4.78, 5) is 11.1. The molecule has 2 aromatic carbocycles. The first-order valence-electron chi connectivity index (χ1n) is 5.51. The second-order valence-corrected chi connectivity index (χ2v) is 4.12. The Morgan fingerprint density at radius 2 is 1.88 bits per heavy atom. The fourth-order valence-electron chi connectivity index (χ4n) is 2.17. The zero-order valence-corrected chi connectivity index (χ0v) is 8.85. The molecule has 1 saturated heterocycles. The molecule has 16 heavy (non-hydrogen) atoms. The Morgan fingerprint density at radius 3 is 2.62 bits per heavy atom. The molecule has 0 spiro atoms. The van der Waals surface area contributed by atoms with Crippen molar-refractivity contribution in [2.75, 3.05) is 0 Å². The molecule has 1 aliphatic heterocycles. The summed E-state index contributed by atoms with van der Waals surface area (Å²) in [5.41, 5.74) is 1.10. The van der Waals surface area contributed by atoms with E-state index in [0.717, 1.165) is 12.0 Å². The van der Waals surface area contributed by atoms with Gasteiger partial charge in [-0.15, -0.1) is 0 Å². The highest BCUT2D eigenvalue weighted by molar-refractivity contribution is 5.83. The lowest BCUT2D eigenvalue weighted by Gasteiger charge is -2.10. The van der Waals surface area contributed by atoms with Crippen LogP contribution in [0.5, 0.6) is 0 Å². The highest BCUT2D eigenvalue weighted by atomic mass is 16.5. The minimum atomic E-state index is -0.0850. The number of fused-ring (bicyclic) bond motifs is 1. The van der Waals surface area contributed by atoms with E-state index >= 15 is 0 Å². The maximum atomic E-state index is 11.1. The Morgan fingerprint density at radius 1 is 1.06 bits per heavy atom. The topological polar surface area (TPSA) is 26.3 Å². The summed E-state index contributed by atoms with van der Waals surface area (Å²) in [5.74, 6) is -0.0850. The van der Waals surface area contributed by atoms with Gasteiger partial charge in [-0.05, 0) is 28.8 Å². The van der Waals surface area contributed by atoms with Crippen LogP contribution in [-0.2, 0) is 9.53 Å². The van der Waals surface area contributed by atoms with Gasteiger partial charge in [0.1, 0.15) is 6.10 Å². The van der Waals surface area contributed by atoms with E-state index in [-0.39, 0.29) is 12.1 Å². The molecule has 0 N–H and O–H groups in total. The minimum absolute atomic E-state index is 0.0443. The van der Waals surface area contributed by atoms with Crippen LogP contribution >= 0.6 is 0 Å². The molecule has 1 heterocycles. The summed E-state index contributed by atoms with van der Waals surface area (Å²) in [5, 5.41) is 2.42. The van der Waals surface area contributed by atoms with E-state index in [4.69, 9.17) is 4.74 Å². The van der Waals surface area contributed by atoms with Gasteiger partial charge in [0.15, 0.2) is 0 Å². The van der Waals surface area contributed by atoms with Gasteiger partial charge in [0.2, 0.25) is 0 Å². The minimum Gasteiger partial charge on any atom is -0.457 e. The quantitative estimate of drug-likeness (QED) is 0.678. The average molecular weight is 212 g/mol. The van der Waals surface area contributed by atoms with Gasteiger partial charge in [-0.3, -0.25) is 4.79 Å². The van der Waals surface area contributed by atoms with Crippen LogP contribution in [0, 0.1) is 0 Å². The van der Waals surface area contributed by atoms with Crippen molar-refractivity contribution in [1.29, 1.82) is 0 Å². The molecule has 1 aliphatic rings. The van der Waals surface area contributed by atoms with Gasteiger partial charge in [-0.1, -0.05) is 36.4 Å². The van der Waals surface area contributed by atoms with Crippen molar-refractivity contribution in [2.45, 2.75) is 18.9 Å². The SMILES string of the molecule is O=C1CC[C@@H](c2ccc3ccccc3c2)O1. The predicted molar refractivity (Wildman–Crippen MR) is 62.0 cm³/mol. The molecule has 1 atom stereocenters. The summed E-state index contributed by atoms with van der Waals surface area (Å²) < 4.78 is 5.26. The number of esters is 1. The van der Waals surface area contributed by atoms with Gasteiger partial charge in [0.25, 0.3) is 0 Å². The molecule has 0 unspecified atom stereocenters. The van der Waals surface area contributed by atoms with Crippen LogP contribution < -0.4 is 0 Å². The summed E-state index contributed by atoms with van der Waals surface area (Å²) >= 11 is 0. The molecule has 2 aromatic rings. The largest absolute Gasteiger partial charge is 0.457 e. The lowest BCUT2D eigenvalue weighted by molar-refractivity contribution is -0.141. The second kappa shape index (κ2) is 3.63. The fourth-order valence-corrected chi connectivity index (χ4v) is 2.17. The lowest BCUT2D eigenvalue weighted by Crippen LogP contribution is -1.98. The molecule has 2 nitrogen and oxygen atoms in total. The number of carbonyl (C=O) groups is 1. The predicted octanol–water partition coefficient (Wildman–Crippen LogP) is 3.22. The van der Waals surface area contributed by atoms with E-state index in [0.29, 0.717) is 6.42 Å². The number of hydrogen-bond acceptors (Lipinski definition) is 2. The Bertz CT molecular complexity index is 545. The summed E-state index contributed by atoms with van der Waals surface area (Å²) in [7, 11) is 0. The number of carbonyl (C=O) groups excluding carboxylic acids is 1. The normalized spacial score (nSPS) is 20.0. The Hall–Kier alpha value is -1.83. The van der Waals surface area contributed by atoms with Crippen LogP contribution in [0.1, 0.15) is 24.5 Å². The zero-order chi connectivity index (χ0) is 11.0. The van der Waals surface area contributed by atoms with Crippen LogP contribution in [-0.4, -0.2) is 5.97 Å². The molecule has 80 valence electrons. The molecule has 0 aromatic heterocycles. The highest BCUT2D eigenvalue weighted by Crippen LogP contribution is 2.31. The monoisotopic (exact) mass is 212 g/mol. The number of benzene rings is 2. The van der Waals surface area contributed by atoms with Gasteiger partial charge in [-0.25, -0.2) is 0 Å². The Labute approximate surface area is 93.8 Å². The number of ether oxygens (including phenoxy) is 1. The van der Waals surface area contributed by atoms with E-state index in [1.54, 1.807) is 0 Å². The maximum absolute atomic E-state index is 11.1. The van der Waals surface area contributed by atoms with E-state index in [1.807, 2.05) is 18.2 Å². The number of cyclic esters (lactones) is 1. The molecule has 3 rings (SSSR count). The average Bonchev–Trinajstić information content (AvgIpc) is 2.75. The zero-order valence-electron chi connectivity index (χ0n) is 8.85. The number of rotatable bonds is 1. The van der Waals surface area contributed by atoms with E-state index < -0.39 is 0 Å². The van der Waals surface area contributed by atoms with E-state index in [1.165, 1.54) is 10.8 Å². The Balaban J connectivity index is 2.02. The maximum Gasteiger partial charge on any atom is 0.306 e. The van der Waals surface area contributed by atoms with Gasteiger partial charge in [0.05, 0.1) is 0 Å². The van der Waals surface area contributed by atoms with Gasteiger partial charge >= 0.3 is 5.97 Å². The Kier molecular flexibility index (Phi) is 2.13. The van der Waals surface area contributed by atoms with Crippen molar-refractivity contribution < 1.29 is 9.53 Å². The van der Waals surface area contributed by atoms with E-state index in [2.05, 4.69) is 24.3 Å². The third kappa shape index (κ3) is 1.56. The van der Waals surface area contributed by atoms with Crippen LogP contribution in [0.15, 0.2) is 42.5 Å². The van der Waals surface area contributed by atoms with E-state index in [9.17, 15) is 4.79 Å². The molecule has 2 heteroatoms. The molecule has 0 aliphatic carbocycles. The smallest absolute Gasteiger partial charge is 0.306 e. The van der Waals surface area contributed by atoms with Crippen molar-refractivity contribution in [3.05, 3.63) is 48.0 Å². The van der Waals surface area contributed by atoms with Crippen molar-refractivity contribution >= 4 is 16.7 Å². The standard InChI is InChI=1S/C14H12O2/c15-14-8-7-13(16-14)12-6-5-10-3-1-2-4-11(10)9-12/h1-6,9,13H,7-8H2/t13-/m0/s1. The molecule has 0 radical (unpaired) electrons. The van der Waals surface area contributed by atoms with Crippen LogP contribution in [0.4, 0.5) is 0 Å². The van der Waals surface area contributed by atoms with Crippen LogP contribution in [0.3, 0.4) is 0 Å². The van der Waals surface area contributed by atoms with Gasteiger partial charge in [-0.2, -0.15) is 0 Å². The molecule has 0 saturated carbocycles. The highest BCUT2D eigenvalue weighted by Gasteiger charge is 2.24. The first kappa shape index (κ1) is 9.40. The first-order chi connectivity index (χ1) is 7.83. The first-order valence-corrected chi connectivity index (χ1v) is 5.51. The fraction of sp³-hybridized carbons (Fsp3) is 0.214. The summed E-state index contributed by atoms with van der Waals surface area (Å²) in [6.45, 7) is 0. The van der Waals surface area contributed by atoms with Gasteiger partial charge < -0.3 is 4.74 Å². The molecule has 0 bridgehead atoms. The van der Waals surface area contributed by atoms with Crippen molar-refractivity contribution in [3.8, 4) is 0 Å². The summed E-state index contributed by atoms with van der Waals surface area (Å²) in [6, 6.07) is 14.4. The van der Waals surface area contributed by atoms with Crippen molar-refractivity contribution in [2.24, 2.45) is 0 Å². The third-order valence-electron chi connectivity index (χ3n) is 3.03. The molecular weight excluding hydrogens is 200 g/mol. The second-order valence-electron chi connectivity index (χ2n) is 4.12. The van der Waals surface area contributed by atoms with Crippen LogP contribution in [0.2, 0.25) is 0 Å². The van der Waals surface area contributed by atoms with Crippen LogP contribution in [0.25, 0.3) is 10.8 Å². The summed E-state index contributed by atoms with van der Waals surface area (Å²) in [6.07, 6.45) is 1.30. The molecular formula is C14H12O2.